The number of hydrogen-bond acceptors (Lipinski definition) is 7. The Balaban J connectivity index is 1.52. The summed E-state index contributed by atoms with van der Waals surface area (Å²) in [6.45, 7) is 8.46. The van der Waals surface area contributed by atoms with Gasteiger partial charge in [0.2, 0.25) is 5.43 Å². The van der Waals surface area contributed by atoms with E-state index in [4.69, 9.17) is 14.2 Å². The molecule has 1 aromatic heterocycles. The minimum Gasteiger partial charge on any atom is -0.462 e. The number of anilines is 1. The van der Waals surface area contributed by atoms with Gasteiger partial charge in [-0.3, -0.25) is 4.79 Å². The van der Waals surface area contributed by atoms with E-state index in [1.807, 2.05) is 56.0 Å². The lowest BCUT2D eigenvalue weighted by Crippen LogP contribution is -2.50. The van der Waals surface area contributed by atoms with Crippen molar-refractivity contribution >= 4 is 39.4 Å². The fourth-order valence-electron chi connectivity index (χ4n) is 5.45. The molecule has 0 radical (unpaired) electrons. The van der Waals surface area contributed by atoms with Crippen molar-refractivity contribution in [2.45, 2.75) is 33.3 Å². The highest BCUT2D eigenvalue weighted by atomic mass is 19.1. The Morgan fingerprint density at radius 3 is 2.44 bits per heavy atom. The summed E-state index contributed by atoms with van der Waals surface area (Å²) in [5.41, 5.74) is -0.263. The van der Waals surface area contributed by atoms with E-state index in [-0.39, 0.29) is 29.0 Å². The topological polar surface area (TPSA) is 90.3 Å². The van der Waals surface area contributed by atoms with Gasteiger partial charge in [0.15, 0.2) is 17.3 Å². The summed E-state index contributed by atoms with van der Waals surface area (Å²) in [5.74, 6) is -0.802. The van der Waals surface area contributed by atoms with Crippen LogP contribution >= 0.6 is 0 Å². The molecule has 4 aromatic rings. The van der Waals surface area contributed by atoms with Gasteiger partial charge in [-0.25, -0.2) is 14.0 Å². The molecule has 3 aromatic carbocycles. The second kappa shape index (κ2) is 9.79. The Bertz CT molecular complexity index is 1780. The lowest BCUT2D eigenvalue weighted by molar-refractivity contribution is 0.0240. The maximum atomic E-state index is 16.0. The van der Waals surface area contributed by atoms with Crippen molar-refractivity contribution in [3.63, 3.8) is 0 Å². The molecule has 0 N–H and O–H groups in total. The predicted octanol–water partition coefficient (Wildman–Crippen LogP) is 5.62. The molecule has 6 rings (SSSR count). The van der Waals surface area contributed by atoms with E-state index in [0.717, 1.165) is 16.8 Å². The zero-order valence-electron chi connectivity index (χ0n) is 23.3. The van der Waals surface area contributed by atoms with E-state index in [0.29, 0.717) is 43.1 Å². The number of nitrogens with zero attached hydrogens (tertiary/aromatic N) is 3. The predicted molar refractivity (Wildman–Crippen MR) is 153 cm³/mol. The maximum absolute atomic E-state index is 16.0. The lowest BCUT2D eigenvalue weighted by Gasteiger charge is -2.38. The molecule has 0 atom stereocenters. The minimum absolute atomic E-state index is 0.0118. The third-order valence-electron chi connectivity index (χ3n) is 7.23. The smallest absolute Gasteiger partial charge is 0.410 e. The van der Waals surface area contributed by atoms with E-state index in [9.17, 15) is 14.4 Å². The van der Waals surface area contributed by atoms with E-state index < -0.39 is 28.9 Å². The van der Waals surface area contributed by atoms with Crippen molar-refractivity contribution in [2.24, 2.45) is 0 Å². The van der Waals surface area contributed by atoms with Crippen LogP contribution in [0.25, 0.3) is 27.4 Å². The van der Waals surface area contributed by atoms with Crippen LogP contribution in [0.3, 0.4) is 0 Å². The van der Waals surface area contributed by atoms with Gasteiger partial charge in [0.25, 0.3) is 0 Å². The average Bonchev–Trinajstić information content (AvgIpc) is 2.93. The molecule has 0 aliphatic carbocycles. The van der Waals surface area contributed by atoms with Crippen LogP contribution in [0.15, 0.2) is 53.5 Å². The van der Waals surface area contributed by atoms with Gasteiger partial charge >= 0.3 is 12.1 Å². The Kier molecular flexibility index (Phi) is 6.36. The maximum Gasteiger partial charge on any atom is 0.410 e. The molecule has 0 bridgehead atoms. The number of carbonyl (C=O) groups excluding carboxylic acids is 2. The van der Waals surface area contributed by atoms with E-state index in [2.05, 4.69) is 0 Å². The van der Waals surface area contributed by atoms with Gasteiger partial charge < -0.3 is 28.6 Å². The molecule has 9 nitrogen and oxygen atoms in total. The molecule has 0 unspecified atom stereocenters. The molecule has 1 amide bonds. The first-order chi connectivity index (χ1) is 19.6. The number of aromatic nitrogens is 1. The number of fused-ring (bicyclic) bond motifs is 4. The van der Waals surface area contributed by atoms with Gasteiger partial charge in [-0.2, -0.15) is 0 Å². The molecule has 1 fully saturated rings. The van der Waals surface area contributed by atoms with Crippen LogP contribution in [0.4, 0.5) is 14.9 Å². The first kappa shape index (κ1) is 26.6. The molecule has 3 heterocycles. The third kappa shape index (κ3) is 4.53. The van der Waals surface area contributed by atoms with Crippen molar-refractivity contribution in [2.75, 3.05) is 37.7 Å². The quantitative estimate of drug-likeness (QED) is 0.265. The minimum atomic E-state index is -0.777. The molecular formula is C31H30FN3O6. The van der Waals surface area contributed by atoms with Crippen molar-refractivity contribution in [3.8, 4) is 17.2 Å². The first-order valence-corrected chi connectivity index (χ1v) is 13.6. The fraction of sp³-hybridized carbons (Fsp3) is 0.323. The SMILES string of the molecule is CCOC(=O)c1cn2c3c(c(N4CCN(C(=O)OC(C)(C)C)CC4)c(F)cc3c1=O)Oc1ccc3ccccc3c1-2. The molecule has 2 aliphatic rings. The Labute approximate surface area is 235 Å². The van der Waals surface area contributed by atoms with Crippen molar-refractivity contribution in [1.29, 1.82) is 0 Å². The van der Waals surface area contributed by atoms with E-state index >= 15 is 4.39 Å². The molecule has 212 valence electrons. The summed E-state index contributed by atoms with van der Waals surface area (Å²) in [6.07, 6.45) is 1.04. The van der Waals surface area contributed by atoms with Gasteiger partial charge in [0, 0.05) is 37.8 Å². The fourth-order valence-corrected chi connectivity index (χ4v) is 5.45. The molecule has 1 saturated heterocycles. The van der Waals surface area contributed by atoms with Crippen molar-refractivity contribution < 1.29 is 28.2 Å². The molecule has 10 heteroatoms. The van der Waals surface area contributed by atoms with Gasteiger partial charge in [0.1, 0.15) is 22.4 Å². The zero-order valence-corrected chi connectivity index (χ0v) is 23.3. The van der Waals surface area contributed by atoms with Crippen LogP contribution in [-0.2, 0) is 9.47 Å². The second-order valence-corrected chi connectivity index (χ2v) is 11.1. The van der Waals surface area contributed by atoms with Gasteiger partial charge in [-0.1, -0.05) is 30.3 Å². The van der Waals surface area contributed by atoms with Crippen LogP contribution in [0.5, 0.6) is 11.5 Å². The standard InChI is InChI=1S/C31H30FN3O6/c1-5-39-29(37)21-17-35-24-19-9-7-6-8-18(19)10-11-23(24)40-28-25(35)20(27(21)36)16-22(32)26(28)33-12-14-34(15-13-33)30(38)41-31(2,3)4/h6-11,16-17H,5,12-15H2,1-4H3. The van der Waals surface area contributed by atoms with Gasteiger partial charge in [-0.15, -0.1) is 0 Å². The van der Waals surface area contributed by atoms with Crippen LogP contribution < -0.4 is 15.1 Å². The molecule has 0 spiro atoms. The van der Waals surface area contributed by atoms with Crippen LogP contribution in [-0.4, -0.2) is 59.9 Å². The summed E-state index contributed by atoms with van der Waals surface area (Å²) in [7, 11) is 0. The molecule has 2 aliphatic heterocycles. The number of pyridine rings is 1. The number of benzene rings is 3. The highest BCUT2D eigenvalue weighted by Gasteiger charge is 2.34. The van der Waals surface area contributed by atoms with E-state index in [1.54, 1.807) is 22.5 Å². The first-order valence-electron chi connectivity index (χ1n) is 13.6. The van der Waals surface area contributed by atoms with Crippen LogP contribution in [0.1, 0.15) is 38.1 Å². The van der Waals surface area contributed by atoms with E-state index in [1.165, 1.54) is 6.20 Å². The number of piperazine rings is 1. The summed E-state index contributed by atoms with van der Waals surface area (Å²) in [6, 6.07) is 12.6. The highest BCUT2D eigenvalue weighted by Crippen LogP contribution is 2.48. The summed E-state index contributed by atoms with van der Waals surface area (Å²) in [4.78, 5) is 42.4. The monoisotopic (exact) mass is 559 g/mol. The summed E-state index contributed by atoms with van der Waals surface area (Å²) < 4.78 is 34.8. The molecular weight excluding hydrogens is 529 g/mol. The number of halogens is 1. The van der Waals surface area contributed by atoms with Gasteiger partial charge in [0.05, 0.1) is 17.7 Å². The average molecular weight is 560 g/mol. The number of ether oxygens (including phenoxy) is 3. The second-order valence-electron chi connectivity index (χ2n) is 11.1. The van der Waals surface area contributed by atoms with Crippen LogP contribution in [0.2, 0.25) is 0 Å². The number of amides is 1. The number of rotatable bonds is 3. The zero-order chi connectivity index (χ0) is 29.1. The third-order valence-corrected chi connectivity index (χ3v) is 7.23. The molecule has 0 saturated carbocycles. The lowest BCUT2D eigenvalue weighted by atomic mass is 10.0. The summed E-state index contributed by atoms with van der Waals surface area (Å²) in [5, 5.41) is 1.79. The Morgan fingerprint density at radius 1 is 1.00 bits per heavy atom. The van der Waals surface area contributed by atoms with Gasteiger partial charge in [-0.05, 0) is 45.2 Å². The highest BCUT2D eigenvalue weighted by molar-refractivity contribution is 6.03. The van der Waals surface area contributed by atoms with Crippen molar-refractivity contribution in [3.05, 3.63) is 70.3 Å². The molecule has 41 heavy (non-hydrogen) atoms. The number of carbonyl (C=O) groups is 2. The number of esters is 1. The summed E-state index contributed by atoms with van der Waals surface area (Å²) >= 11 is 0. The number of hydrogen-bond donors (Lipinski definition) is 0. The Morgan fingerprint density at radius 2 is 1.73 bits per heavy atom. The normalized spacial score (nSPS) is 14.6. The van der Waals surface area contributed by atoms with Crippen LogP contribution in [0, 0.1) is 5.82 Å². The van der Waals surface area contributed by atoms with Crippen molar-refractivity contribution in [1.82, 2.24) is 9.47 Å². The Hall–Kier alpha value is -4.60. The largest absolute Gasteiger partial charge is 0.462 e.